The molecule has 0 aliphatic heterocycles. The average molecular weight is 453 g/mol. The van der Waals surface area contributed by atoms with E-state index in [4.69, 9.17) is 0 Å². The van der Waals surface area contributed by atoms with Crippen LogP contribution in [0.4, 0.5) is 28.4 Å². The van der Waals surface area contributed by atoms with E-state index in [1.165, 1.54) is 11.1 Å². The molecule has 0 saturated carbocycles. The van der Waals surface area contributed by atoms with Gasteiger partial charge in [-0.25, -0.2) is 0 Å². The Labute approximate surface area is 208 Å². The van der Waals surface area contributed by atoms with E-state index in [-0.39, 0.29) is 0 Å². The highest BCUT2D eigenvalue weighted by atomic mass is 15.1. The third-order valence-corrected chi connectivity index (χ3v) is 6.05. The van der Waals surface area contributed by atoms with Crippen LogP contribution in [0.15, 0.2) is 152 Å². The molecule has 170 valence electrons. The van der Waals surface area contributed by atoms with Crippen molar-refractivity contribution in [2.24, 2.45) is 0 Å². The van der Waals surface area contributed by atoms with Crippen molar-refractivity contribution in [3.8, 4) is 11.1 Å². The first-order valence-corrected chi connectivity index (χ1v) is 11.9. The van der Waals surface area contributed by atoms with Crippen molar-refractivity contribution in [1.29, 1.82) is 0 Å². The number of para-hydroxylation sites is 3. The van der Waals surface area contributed by atoms with Crippen molar-refractivity contribution in [2.75, 3.05) is 16.3 Å². The van der Waals surface area contributed by atoms with E-state index in [9.17, 15) is 0 Å². The molecule has 0 aliphatic rings. The SMILES string of the molecule is C=CCN(c1ccccc1)c1ccc(-c2ccc(N(c3ccccc3)c3ccccc3)cc2)cc1. The monoisotopic (exact) mass is 452 g/mol. The summed E-state index contributed by atoms with van der Waals surface area (Å²) in [7, 11) is 0. The van der Waals surface area contributed by atoms with Crippen molar-refractivity contribution < 1.29 is 0 Å². The van der Waals surface area contributed by atoms with Crippen LogP contribution in [-0.4, -0.2) is 6.54 Å². The van der Waals surface area contributed by atoms with Crippen molar-refractivity contribution in [3.63, 3.8) is 0 Å². The smallest absolute Gasteiger partial charge is 0.0462 e. The highest BCUT2D eigenvalue weighted by molar-refractivity contribution is 5.78. The lowest BCUT2D eigenvalue weighted by Crippen LogP contribution is -2.16. The Bertz CT molecular complexity index is 1300. The van der Waals surface area contributed by atoms with Gasteiger partial charge in [0.25, 0.3) is 0 Å². The Morgan fingerprint density at radius 3 is 1.20 bits per heavy atom. The molecule has 2 nitrogen and oxygen atoms in total. The first-order chi connectivity index (χ1) is 17.3. The summed E-state index contributed by atoms with van der Waals surface area (Å²) in [5.74, 6) is 0. The van der Waals surface area contributed by atoms with Gasteiger partial charge in [-0.05, 0) is 71.8 Å². The molecular formula is C33H28N2. The zero-order valence-electron chi connectivity index (χ0n) is 19.7. The number of rotatable bonds is 8. The summed E-state index contributed by atoms with van der Waals surface area (Å²) in [6.07, 6.45) is 1.94. The molecular weight excluding hydrogens is 424 g/mol. The summed E-state index contributed by atoms with van der Waals surface area (Å²) in [5, 5.41) is 0. The van der Waals surface area contributed by atoms with E-state index >= 15 is 0 Å². The maximum absolute atomic E-state index is 3.94. The lowest BCUT2D eigenvalue weighted by atomic mass is 10.0. The number of hydrogen-bond acceptors (Lipinski definition) is 2. The summed E-state index contributed by atoms with van der Waals surface area (Å²) in [6, 6.07) is 48.9. The minimum absolute atomic E-state index is 0.757. The average Bonchev–Trinajstić information content (AvgIpc) is 2.94. The van der Waals surface area contributed by atoms with Gasteiger partial charge in [0.2, 0.25) is 0 Å². The van der Waals surface area contributed by atoms with E-state index in [2.05, 4.69) is 138 Å². The Kier molecular flexibility index (Phi) is 6.72. The molecule has 0 spiro atoms. The highest BCUT2D eigenvalue weighted by Gasteiger charge is 2.12. The van der Waals surface area contributed by atoms with Gasteiger partial charge in [0.05, 0.1) is 0 Å². The van der Waals surface area contributed by atoms with Gasteiger partial charge in [-0.1, -0.05) is 84.9 Å². The minimum atomic E-state index is 0.757. The second-order valence-electron chi connectivity index (χ2n) is 8.34. The van der Waals surface area contributed by atoms with Gasteiger partial charge in [0, 0.05) is 35.0 Å². The van der Waals surface area contributed by atoms with Crippen molar-refractivity contribution in [3.05, 3.63) is 152 Å². The molecule has 0 unspecified atom stereocenters. The number of anilines is 5. The molecule has 35 heavy (non-hydrogen) atoms. The van der Waals surface area contributed by atoms with Crippen molar-refractivity contribution >= 4 is 28.4 Å². The normalized spacial score (nSPS) is 10.5. The zero-order chi connectivity index (χ0) is 23.9. The van der Waals surface area contributed by atoms with Crippen LogP contribution in [0.1, 0.15) is 0 Å². The molecule has 5 rings (SSSR count). The molecule has 0 N–H and O–H groups in total. The summed E-state index contributed by atoms with van der Waals surface area (Å²) in [4.78, 5) is 4.54. The molecule has 0 fully saturated rings. The summed E-state index contributed by atoms with van der Waals surface area (Å²) in [5.41, 5.74) is 8.10. The van der Waals surface area contributed by atoms with Gasteiger partial charge in [-0.3, -0.25) is 0 Å². The molecule has 0 radical (unpaired) electrons. The van der Waals surface area contributed by atoms with Gasteiger partial charge < -0.3 is 9.80 Å². The Morgan fingerprint density at radius 2 is 0.771 bits per heavy atom. The fourth-order valence-corrected chi connectivity index (χ4v) is 4.34. The summed E-state index contributed by atoms with van der Waals surface area (Å²) >= 11 is 0. The van der Waals surface area contributed by atoms with Gasteiger partial charge in [-0.2, -0.15) is 0 Å². The first kappa shape index (κ1) is 22.2. The summed E-state index contributed by atoms with van der Waals surface area (Å²) in [6.45, 7) is 4.69. The van der Waals surface area contributed by atoms with E-state index in [1.807, 2.05) is 24.3 Å². The highest BCUT2D eigenvalue weighted by Crippen LogP contribution is 2.35. The molecule has 5 aromatic rings. The van der Waals surface area contributed by atoms with E-state index in [0.29, 0.717) is 0 Å². The molecule has 0 aromatic heterocycles. The Hall–Kier alpha value is -4.56. The standard InChI is InChI=1S/C33H28N2/c1-2-26-34(29-12-6-3-7-13-29)30-22-18-27(19-23-30)28-20-24-33(25-21-28)35(31-14-8-4-9-15-31)32-16-10-5-11-17-32/h2-25H,1,26H2. The first-order valence-electron chi connectivity index (χ1n) is 11.9. The molecule has 2 heteroatoms. The molecule has 0 atom stereocenters. The molecule has 0 aliphatic carbocycles. The maximum atomic E-state index is 3.94. The lowest BCUT2D eigenvalue weighted by molar-refractivity contribution is 1.10. The van der Waals surface area contributed by atoms with Gasteiger partial charge in [0.15, 0.2) is 0 Å². The predicted molar refractivity (Wildman–Crippen MR) is 150 cm³/mol. The number of benzene rings is 5. The van der Waals surface area contributed by atoms with Crippen LogP contribution in [0, 0.1) is 0 Å². The fraction of sp³-hybridized carbons (Fsp3) is 0.0303. The van der Waals surface area contributed by atoms with Crippen LogP contribution in [0.3, 0.4) is 0 Å². The largest absolute Gasteiger partial charge is 0.338 e. The van der Waals surface area contributed by atoms with Crippen LogP contribution in [-0.2, 0) is 0 Å². The van der Waals surface area contributed by atoms with Crippen molar-refractivity contribution in [2.45, 2.75) is 0 Å². The molecule has 0 amide bonds. The second kappa shape index (κ2) is 10.6. The number of hydrogen-bond donors (Lipinski definition) is 0. The van der Waals surface area contributed by atoms with E-state index in [0.717, 1.165) is 35.0 Å². The Balaban J connectivity index is 1.42. The zero-order valence-corrected chi connectivity index (χ0v) is 19.7. The topological polar surface area (TPSA) is 6.48 Å². The fourth-order valence-electron chi connectivity index (χ4n) is 4.34. The third-order valence-electron chi connectivity index (χ3n) is 6.05. The van der Waals surface area contributed by atoms with Gasteiger partial charge in [-0.15, -0.1) is 6.58 Å². The van der Waals surface area contributed by atoms with Crippen LogP contribution < -0.4 is 9.80 Å². The molecule has 0 bridgehead atoms. The number of nitrogens with zero attached hydrogens (tertiary/aromatic N) is 2. The van der Waals surface area contributed by atoms with Crippen LogP contribution in [0.25, 0.3) is 11.1 Å². The Morgan fingerprint density at radius 1 is 0.429 bits per heavy atom. The van der Waals surface area contributed by atoms with Crippen molar-refractivity contribution in [1.82, 2.24) is 0 Å². The van der Waals surface area contributed by atoms with Crippen LogP contribution in [0.5, 0.6) is 0 Å². The quantitative estimate of drug-likeness (QED) is 0.217. The van der Waals surface area contributed by atoms with Gasteiger partial charge in [0.1, 0.15) is 0 Å². The third kappa shape index (κ3) is 5.02. The molecule has 0 saturated heterocycles. The maximum Gasteiger partial charge on any atom is 0.0462 e. The molecule has 0 heterocycles. The van der Waals surface area contributed by atoms with Gasteiger partial charge >= 0.3 is 0 Å². The van der Waals surface area contributed by atoms with E-state index < -0.39 is 0 Å². The van der Waals surface area contributed by atoms with Crippen LogP contribution >= 0.6 is 0 Å². The molecule has 5 aromatic carbocycles. The predicted octanol–water partition coefficient (Wildman–Crippen LogP) is 9.15. The van der Waals surface area contributed by atoms with Crippen LogP contribution in [0.2, 0.25) is 0 Å². The second-order valence-corrected chi connectivity index (χ2v) is 8.34. The van der Waals surface area contributed by atoms with E-state index in [1.54, 1.807) is 0 Å². The lowest BCUT2D eigenvalue weighted by Gasteiger charge is -2.25. The summed E-state index contributed by atoms with van der Waals surface area (Å²) < 4.78 is 0. The minimum Gasteiger partial charge on any atom is -0.338 e.